The van der Waals surface area contributed by atoms with Gasteiger partial charge in [0.1, 0.15) is 5.75 Å². The number of amides is 2. The predicted molar refractivity (Wildman–Crippen MR) is 178 cm³/mol. The quantitative estimate of drug-likeness (QED) is 0.165. The molecule has 0 bridgehead atoms. The van der Waals surface area contributed by atoms with Gasteiger partial charge in [0.15, 0.2) is 28.9 Å². The molecule has 1 heterocycles. The number of nitrogens with zero attached hydrogens (tertiary/aromatic N) is 2. The maximum Gasteiger partial charge on any atom is 0.283 e. The number of thioether (sulfide) groups is 1. The number of carbonyl (C=O) groups excluding carboxylic acids is 2. The number of quaternary nitrogens is 1. The highest BCUT2D eigenvalue weighted by Crippen LogP contribution is 2.30. The summed E-state index contributed by atoms with van der Waals surface area (Å²) in [6.07, 6.45) is 4.82. The summed E-state index contributed by atoms with van der Waals surface area (Å²) in [5, 5.41) is 7.49. The van der Waals surface area contributed by atoms with E-state index >= 15 is 0 Å². The number of methoxy groups -OCH3 is 1. The molecule has 0 aliphatic carbocycles. The fourth-order valence-corrected chi connectivity index (χ4v) is 4.94. The number of rotatable bonds is 16. The number of anilines is 1. The van der Waals surface area contributed by atoms with E-state index in [0.717, 1.165) is 18.6 Å². The molecule has 4 N–H and O–H groups in total. The highest BCUT2D eigenvalue weighted by Gasteiger charge is 2.23. The van der Waals surface area contributed by atoms with Crippen molar-refractivity contribution < 1.29 is 47.0 Å². The first-order valence-corrected chi connectivity index (χ1v) is 18.1. The molecule has 256 valence electrons. The van der Waals surface area contributed by atoms with E-state index in [1.807, 2.05) is 51.0 Å². The van der Waals surface area contributed by atoms with Gasteiger partial charge in [0.05, 0.1) is 35.8 Å². The number of hydrogen-bond acceptors (Lipinski definition) is 11. The SMILES string of the molecule is COc1cc(C(=O)N(C(C)C)C(C)C)ccc1OCCCCOc1ccc2onc(NC(=O)[C@@H]([NH3+])CCSC)c2c1.CS(=O)(=O)[O-]. The monoisotopic (exact) mass is 682 g/mol. The van der Waals surface area contributed by atoms with Gasteiger partial charge in [-0.15, -0.1) is 0 Å². The molecule has 0 saturated heterocycles. The maximum absolute atomic E-state index is 13.0. The van der Waals surface area contributed by atoms with Crippen LogP contribution >= 0.6 is 11.8 Å². The van der Waals surface area contributed by atoms with E-state index in [1.54, 1.807) is 43.1 Å². The van der Waals surface area contributed by atoms with Crippen LogP contribution in [0.5, 0.6) is 17.2 Å². The molecule has 2 amide bonds. The first kappa shape index (κ1) is 38.7. The first-order valence-electron chi connectivity index (χ1n) is 14.9. The van der Waals surface area contributed by atoms with Crippen molar-refractivity contribution in [3.63, 3.8) is 0 Å². The summed E-state index contributed by atoms with van der Waals surface area (Å²) in [5.74, 6) is 2.78. The summed E-state index contributed by atoms with van der Waals surface area (Å²) in [5.41, 5.74) is 5.07. The lowest BCUT2D eigenvalue weighted by Gasteiger charge is -2.31. The van der Waals surface area contributed by atoms with Crippen molar-refractivity contribution >= 4 is 50.5 Å². The molecule has 0 saturated carbocycles. The van der Waals surface area contributed by atoms with E-state index in [0.29, 0.717) is 65.5 Å². The minimum absolute atomic E-state index is 0.0337. The smallest absolute Gasteiger partial charge is 0.283 e. The fraction of sp³-hybridized carbons (Fsp3) is 0.516. The standard InChI is InChI=1S/C30H42N4O6S.CH4O3S/c1-19(2)34(20(3)4)30(36)21-9-11-26(27(17-21)37-5)39-15-8-7-14-38-22-10-12-25-23(18-22)28(33-40-25)32-29(35)24(31)13-16-41-6;1-5(2,3)4/h9-12,17-20,24H,7-8,13-16,31H2,1-6H3,(H,32,33,35);1H3,(H,2,3,4)/t24-;/m0./s1. The molecule has 3 rings (SSSR count). The Kier molecular flexibility index (Phi) is 15.6. The lowest BCUT2D eigenvalue weighted by atomic mass is 10.1. The van der Waals surface area contributed by atoms with E-state index in [4.69, 9.17) is 31.7 Å². The van der Waals surface area contributed by atoms with Crippen LogP contribution < -0.4 is 25.3 Å². The van der Waals surface area contributed by atoms with Crippen LogP contribution in [-0.2, 0) is 14.9 Å². The molecule has 3 aromatic rings. The summed E-state index contributed by atoms with van der Waals surface area (Å²) in [6, 6.07) is 10.5. The Morgan fingerprint density at radius 1 is 1.04 bits per heavy atom. The van der Waals surface area contributed by atoms with Crippen molar-refractivity contribution in [3.8, 4) is 17.2 Å². The largest absolute Gasteiger partial charge is 0.748 e. The zero-order valence-electron chi connectivity index (χ0n) is 27.5. The normalized spacial score (nSPS) is 12.0. The second kappa shape index (κ2) is 18.6. The summed E-state index contributed by atoms with van der Waals surface area (Å²) in [7, 11) is -2.35. The van der Waals surface area contributed by atoms with Crippen LogP contribution in [0.1, 0.15) is 57.3 Å². The number of fused-ring (bicyclic) bond motifs is 1. The summed E-state index contributed by atoms with van der Waals surface area (Å²) in [6.45, 7) is 8.99. The van der Waals surface area contributed by atoms with Crippen LogP contribution in [0, 0.1) is 0 Å². The molecule has 0 radical (unpaired) electrons. The maximum atomic E-state index is 13.0. The molecule has 46 heavy (non-hydrogen) atoms. The van der Waals surface area contributed by atoms with Gasteiger partial charge in [0.25, 0.3) is 11.8 Å². The van der Waals surface area contributed by atoms with Crippen molar-refractivity contribution in [2.24, 2.45) is 0 Å². The van der Waals surface area contributed by atoms with E-state index in [-0.39, 0.29) is 29.9 Å². The molecule has 0 spiro atoms. The lowest BCUT2D eigenvalue weighted by molar-refractivity contribution is -0.402. The molecule has 15 heteroatoms. The summed E-state index contributed by atoms with van der Waals surface area (Å²) >= 11 is 1.68. The van der Waals surface area contributed by atoms with Gasteiger partial charge in [-0.2, -0.15) is 11.8 Å². The van der Waals surface area contributed by atoms with Crippen molar-refractivity contribution in [1.82, 2.24) is 10.1 Å². The van der Waals surface area contributed by atoms with Crippen molar-refractivity contribution in [1.29, 1.82) is 0 Å². The van der Waals surface area contributed by atoms with Gasteiger partial charge in [-0.3, -0.25) is 9.59 Å². The molecule has 1 aromatic heterocycles. The Balaban J connectivity index is 0.00000136. The van der Waals surface area contributed by atoms with Crippen LogP contribution in [-0.4, -0.2) is 91.6 Å². The zero-order chi connectivity index (χ0) is 34.4. The minimum atomic E-state index is -3.92. The average molecular weight is 683 g/mol. The van der Waals surface area contributed by atoms with Crippen molar-refractivity contribution in [2.45, 2.75) is 65.1 Å². The third kappa shape index (κ3) is 12.7. The summed E-state index contributed by atoms with van der Waals surface area (Å²) in [4.78, 5) is 27.3. The number of benzene rings is 2. The Morgan fingerprint density at radius 3 is 2.26 bits per heavy atom. The van der Waals surface area contributed by atoms with Gasteiger partial charge < -0.3 is 39.2 Å². The molecule has 1 atom stereocenters. The number of ether oxygens (including phenoxy) is 3. The topological polar surface area (TPSA) is 188 Å². The predicted octanol–water partition coefficient (Wildman–Crippen LogP) is 3.80. The Morgan fingerprint density at radius 2 is 1.67 bits per heavy atom. The van der Waals surface area contributed by atoms with Crippen LogP contribution in [0.3, 0.4) is 0 Å². The third-order valence-electron chi connectivity index (χ3n) is 6.55. The van der Waals surface area contributed by atoms with Crippen LogP contribution in [0.4, 0.5) is 5.82 Å². The highest BCUT2D eigenvalue weighted by molar-refractivity contribution is 7.98. The van der Waals surface area contributed by atoms with Crippen molar-refractivity contribution in [2.75, 3.05) is 43.9 Å². The summed E-state index contributed by atoms with van der Waals surface area (Å²) < 4.78 is 49.9. The number of carbonyl (C=O) groups is 2. The number of hydrogen-bond donors (Lipinski definition) is 2. The van der Waals surface area contributed by atoms with Crippen LogP contribution in [0.15, 0.2) is 40.9 Å². The average Bonchev–Trinajstić information content (AvgIpc) is 3.37. The molecule has 0 aliphatic heterocycles. The Labute approximate surface area is 275 Å². The third-order valence-corrected chi connectivity index (χ3v) is 7.19. The van der Waals surface area contributed by atoms with E-state index in [9.17, 15) is 9.59 Å². The number of nitrogens with one attached hydrogen (secondary N) is 1. The molecule has 0 fully saturated rings. The molecular formula is C31H46N4O9S2. The number of unbranched alkanes of at least 4 members (excludes halogenated alkanes) is 1. The second-order valence-corrected chi connectivity index (χ2v) is 13.4. The van der Waals surface area contributed by atoms with Crippen molar-refractivity contribution in [3.05, 3.63) is 42.0 Å². The molecule has 2 aromatic carbocycles. The first-order chi connectivity index (χ1) is 21.7. The molecular weight excluding hydrogens is 636 g/mol. The zero-order valence-corrected chi connectivity index (χ0v) is 29.2. The number of aromatic nitrogens is 1. The Bertz CT molecular complexity index is 1510. The van der Waals surface area contributed by atoms with E-state index in [1.165, 1.54) is 0 Å². The van der Waals surface area contributed by atoms with E-state index in [2.05, 4.69) is 16.2 Å². The van der Waals surface area contributed by atoms with Crippen LogP contribution in [0.25, 0.3) is 11.0 Å². The van der Waals surface area contributed by atoms with Gasteiger partial charge in [-0.05, 0) is 88.9 Å². The van der Waals surface area contributed by atoms with Gasteiger partial charge in [-0.25, -0.2) is 8.42 Å². The minimum Gasteiger partial charge on any atom is -0.748 e. The van der Waals surface area contributed by atoms with Gasteiger partial charge in [0, 0.05) is 30.3 Å². The van der Waals surface area contributed by atoms with E-state index < -0.39 is 10.1 Å². The second-order valence-electron chi connectivity index (χ2n) is 11.0. The fourth-order valence-electron chi connectivity index (χ4n) is 4.42. The lowest BCUT2D eigenvalue weighted by Crippen LogP contribution is -2.66. The van der Waals surface area contributed by atoms with Gasteiger partial charge in [-0.1, -0.05) is 5.16 Å². The highest BCUT2D eigenvalue weighted by atomic mass is 32.2. The molecule has 13 nitrogen and oxygen atoms in total. The molecule has 0 aliphatic rings. The Hall–Kier alpha value is -3.53. The molecule has 0 unspecified atom stereocenters. The van der Waals surface area contributed by atoms with Gasteiger partial charge >= 0.3 is 0 Å². The van der Waals surface area contributed by atoms with Gasteiger partial charge in [0.2, 0.25) is 0 Å². The van der Waals surface area contributed by atoms with Crippen LogP contribution in [0.2, 0.25) is 0 Å².